The molecule has 0 radical (unpaired) electrons. The van der Waals surface area contributed by atoms with Crippen molar-refractivity contribution in [3.8, 4) is 0 Å². The average molecular weight is 151 g/mol. The lowest BCUT2D eigenvalue weighted by atomic mass is 10.1. The molecule has 0 aromatic heterocycles. The van der Waals surface area contributed by atoms with E-state index in [0.717, 1.165) is 19.3 Å². The number of rotatable bonds is 2. The summed E-state index contributed by atoms with van der Waals surface area (Å²) in [6.45, 7) is 1.93. The second-order valence-electron chi connectivity index (χ2n) is 2.44. The first-order valence-corrected chi connectivity index (χ1v) is 2.95. The summed E-state index contributed by atoms with van der Waals surface area (Å²) < 4.78 is 0. The molecule has 1 N–H and O–H groups in total. The predicted molar refractivity (Wildman–Crippen MR) is 36.8 cm³/mol. The molecule has 0 aliphatic heterocycles. The third-order valence-electron chi connectivity index (χ3n) is 1.98. The van der Waals surface area contributed by atoms with Crippen LogP contribution < -0.4 is 0 Å². The fourth-order valence-corrected chi connectivity index (χ4v) is 0.870. The van der Waals surface area contributed by atoms with Gasteiger partial charge in [-0.05, 0) is 19.3 Å². The summed E-state index contributed by atoms with van der Waals surface area (Å²) in [5.41, 5.74) is -0.292. The van der Waals surface area contributed by atoms with E-state index in [2.05, 4.69) is 0 Å². The first kappa shape index (κ1) is 8.76. The maximum Gasteiger partial charge on any atom is 0.309 e. The van der Waals surface area contributed by atoms with E-state index in [9.17, 15) is 4.79 Å². The number of carboxylic acids is 1. The van der Waals surface area contributed by atoms with E-state index in [-0.39, 0.29) is 17.8 Å². The first-order chi connectivity index (χ1) is 3.71. The Hall–Kier alpha value is -0.240. The Morgan fingerprint density at radius 2 is 2.11 bits per heavy atom. The van der Waals surface area contributed by atoms with Crippen molar-refractivity contribution in [2.75, 3.05) is 0 Å². The topological polar surface area (TPSA) is 37.3 Å². The monoisotopic (exact) mass is 150 g/mol. The van der Waals surface area contributed by atoms with Crippen LogP contribution in [0.2, 0.25) is 0 Å². The minimum atomic E-state index is -0.611. The zero-order valence-corrected chi connectivity index (χ0v) is 6.20. The van der Waals surface area contributed by atoms with Gasteiger partial charge in [0.25, 0.3) is 0 Å². The molecule has 0 bridgehead atoms. The molecule has 0 atom stereocenters. The number of aliphatic carboxylic acids is 1. The molecule has 0 unspecified atom stereocenters. The molecule has 0 saturated heterocycles. The SMILES string of the molecule is CCC1(C(=O)O)CC1.Cl. The van der Waals surface area contributed by atoms with Gasteiger partial charge < -0.3 is 5.11 Å². The van der Waals surface area contributed by atoms with Gasteiger partial charge in [0.15, 0.2) is 0 Å². The molecule has 0 aromatic rings. The van der Waals surface area contributed by atoms with Gasteiger partial charge in [0.2, 0.25) is 0 Å². The van der Waals surface area contributed by atoms with Gasteiger partial charge in [-0.3, -0.25) is 4.79 Å². The quantitative estimate of drug-likeness (QED) is 0.651. The Morgan fingerprint density at radius 3 is 2.11 bits per heavy atom. The normalized spacial score (nSPS) is 20.1. The summed E-state index contributed by atoms with van der Waals surface area (Å²) >= 11 is 0. The van der Waals surface area contributed by atoms with E-state index in [1.165, 1.54) is 0 Å². The van der Waals surface area contributed by atoms with Crippen molar-refractivity contribution < 1.29 is 9.90 Å². The van der Waals surface area contributed by atoms with Crippen LogP contribution >= 0.6 is 12.4 Å². The van der Waals surface area contributed by atoms with Crippen LogP contribution in [0.4, 0.5) is 0 Å². The lowest BCUT2D eigenvalue weighted by molar-refractivity contribution is -0.143. The maximum absolute atomic E-state index is 10.3. The number of carbonyl (C=O) groups is 1. The smallest absolute Gasteiger partial charge is 0.309 e. The summed E-state index contributed by atoms with van der Waals surface area (Å²) in [6, 6.07) is 0. The van der Waals surface area contributed by atoms with Crippen molar-refractivity contribution in [1.29, 1.82) is 0 Å². The van der Waals surface area contributed by atoms with Crippen molar-refractivity contribution in [3.05, 3.63) is 0 Å². The summed E-state index contributed by atoms with van der Waals surface area (Å²) in [5, 5.41) is 8.50. The average Bonchev–Trinajstić information content (AvgIpc) is 2.44. The minimum absolute atomic E-state index is 0. The van der Waals surface area contributed by atoms with Crippen LogP contribution in [0.5, 0.6) is 0 Å². The fraction of sp³-hybridized carbons (Fsp3) is 0.833. The Bertz CT molecular complexity index is 118. The molecule has 0 heterocycles. The minimum Gasteiger partial charge on any atom is -0.481 e. The molecule has 0 aromatic carbocycles. The summed E-state index contributed by atoms with van der Waals surface area (Å²) in [7, 11) is 0. The van der Waals surface area contributed by atoms with Crippen LogP contribution in [-0.2, 0) is 4.79 Å². The molecule has 1 aliphatic carbocycles. The van der Waals surface area contributed by atoms with Crippen molar-refractivity contribution in [2.45, 2.75) is 26.2 Å². The van der Waals surface area contributed by atoms with E-state index in [4.69, 9.17) is 5.11 Å². The van der Waals surface area contributed by atoms with Crippen LogP contribution in [0, 0.1) is 5.41 Å². The van der Waals surface area contributed by atoms with Crippen molar-refractivity contribution >= 4 is 18.4 Å². The van der Waals surface area contributed by atoms with E-state index in [0.29, 0.717) is 0 Å². The van der Waals surface area contributed by atoms with E-state index in [1.807, 2.05) is 6.92 Å². The second kappa shape index (κ2) is 2.56. The molecule has 1 saturated carbocycles. The Kier molecular flexibility index (Phi) is 2.50. The van der Waals surface area contributed by atoms with E-state index < -0.39 is 5.97 Å². The van der Waals surface area contributed by atoms with Crippen molar-refractivity contribution in [3.63, 3.8) is 0 Å². The number of carboxylic acid groups (broad SMARTS) is 1. The molecule has 9 heavy (non-hydrogen) atoms. The molecule has 0 spiro atoms. The number of hydrogen-bond donors (Lipinski definition) is 1. The van der Waals surface area contributed by atoms with Gasteiger partial charge in [-0.25, -0.2) is 0 Å². The zero-order valence-electron chi connectivity index (χ0n) is 5.39. The van der Waals surface area contributed by atoms with Gasteiger partial charge >= 0.3 is 5.97 Å². The molecule has 0 amide bonds. The second-order valence-corrected chi connectivity index (χ2v) is 2.44. The summed E-state index contributed by atoms with van der Waals surface area (Å²) in [5.74, 6) is -0.611. The Labute approximate surface area is 60.7 Å². The largest absolute Gasteiger partial charge is 0.481 e. The van der Waals surface area contributed by atoms with Crippen LogP contribution in [0.25, 0.3) is 0 Å². The highest BCUT2D eigenvalue weighted by atomic mass is 35.5. The van der Waals surface area contributed by atoms with E-state index >= 15 is 0 Å². The molecule has 1 rings (SSSR count). The highest BCUT2D eigenvalue weighted by Gasteiger charge is 2.48. The maximum atomic E-state index is 10.3. The van der Waals surface area contributed by atoms with Gasteiger partial charge in [0, 0.05) is 0 Å². The Balaban J connectivity index is 0.000000640. The summed E-state index contributed by atoms with van der Waals surface area (Å²) in [6.07, 6.45) is 2.57. The molecular formula is C6H11ClO2. The van der Waals surface area contributed by atoms with Crippen LogP contribution in [0.15, 0.2) is 0 Å². The van der Waals surface area contributed by atoms with Gasteiger partial charge in [0.05, 0.1) is 5.41 Å². The number of halogens is 1. The molecule has 1 fully saturated rings. The van der Waals surface area contributed by atoms with Gasteiger partial charge in [0.1, 0.15) is 0 Å². The highest BCUT2D eigenvalue weighted by Crippen LogP contribution is 2.48. The third-order valence-corrected chi connectivity index (χ3v) is 1.98. The Morgan fingerprint density at radius 1 is 1.67 bits per heavy atom. The fourth-order valence-electron chi connectivity index (χ4n) is 0.870. The van der Waals surface area contributed by atoms with Gasteiger partial charge in [-0.15, -0.1) is 12.4 Å². The number of hydrogen-bond acceptors (Lipinski definition) is 1. The van der Waals surface area contributed by atoms with Crippen molar-refractivity contribution in [1.82, 2.24) is 0 Å². The van der Waals surface area contributed by atoms with Crippen LogP contribution in [-0.4, -0.2) is 11.1 Å². The van der Waals surface area contributed by atoms with Crippen LogP contribution in [0.3, 0.4) is 0 Å². The third kappa shape index (κ3) is 1.36. The lowest BCUT2D eigenvalue weighted by Crippen LogP contribution is -2.12. The molecule has 54 valence electrons. The molecule has 1 aliphatic rings. The zero-order chi connectivity index (χ0) is 6.20. The van der Waals surface area contributed by atoms with Crippen molar-refractivity contribution in [2.24, 2.45) is 5.41 Å². The van der Waals surface area contributed by atoms with E-state index in [1.54, 1.807) is 0 Å². The van der Waals surface area contributed by atoms with Gasteiger partial charge in [-0.1, -0.05) is 6.92 Å². The highest BCUT2D eigenvalue weighted by molar-refractivity contribution is 5.85. The molecule has 3 heteroatoms. The predicted octanol–water partition coefficient (Wildman–Crippen LogP) is 1.68. The molecular weight excluding hydrogens is 140 g/mol. The standard InChI is InChI=1S/C6H10O2.ClH/c1-2-6(3-4-6)5(7)8;/h2-4H2,1H3,(H,7,8);1H. The molecule has 2 nitrogen and oxygen atoms in total. The van der Waals surface area contributed by atoms with Gasteiger partial charge in [-0.2, -0.15) is 0 Å². The lowest BCUT2D eigenvalue weighted by Gasteiger charge is -2.01. The summed E-state index contributed by atoms with van der Waals surface area (Å²) in [4.78, 5) is 10.3. The first-order valence-electron chi connectivity index (χ1n) is 2.95. The van der Waals surface area contributed by atoms with Crippen LogP contribution in [0.1, 0.15) is 26.2 Å².